The maximum absolute atomic E-state index is 11.8. The summed E-state index contributed by atoms with van der Waals surface area (Å²) >= 11 is 0. The Morgan fingerprint density at radius 3 is 2.19 bits per heavy atom. The predicted octanol–water partition coefficient (Wildman–Crippen LogP) is 3.32. The van der Waals surface area contributed by atoms with Crippen molar-refractivity contribution in [1.82, 2.24) is 19.8 Å². The van der Waals surface area contributed by atoms with E-state index in [2.05, 4.69) is 53.0 Å². The zero-order valence-electron chi connectivity index (χ0n) is 16.0. The van der Waals surface area contributed by atoms with Crippen LogP contribution in [0.15, 0.2) is 36.7 Å². The van der Waals surface area contributed by atoms with E-state index in [0.717, 1.165) is 49.7 Å². The van der Waals surface area contributed by atoms with Crippen molar-refractivity contribution in [3.63, 3.8) is 0 Å². The van der Waals surface area contributed by atoms with Crippen LogP contribution in [0.2, 0.25) is 0 Å². The molecule has 3 rings (SSSR count). The molecule has 1 fully saturated rings. The number of carbonyl (C=O) groups is 1. The molecule has 1 saturated heterocycles. The van der Waals surface area contributed by atoms with E-state index < -0.39 is 0 Å². The van der Waals surface area contributed by atoms with Gasteiger partial charge in [0.1, 0.15) is 0 Å². The zero-order valence-corrected chi connectivity index (χ0v) is 16.0. The maximum Gasteiger partial charge on any atom is 0.222 e. The molecule has 0 atom stereocenters. The standard InChI is InChI=1S/C21H28N4O/c1-4-20(26)25-11-9-24(10-12-25)15-17-5-7-18(8-6-17)21-22-13-19(14-23-21)16(2)3/h5-8,13-14,16H,4,9-12,15H2,1-3H3. The van der Waals surface area contributed by atoms with Crippen LogP contribution in [0, 0.1) is 0 Å². The first-order valence-electron chi connectivity index (χ1n) is 9.48. The quantitative estimate of drug-likeness (QED) is 0.828. The summed E-state index contributed by atoms with van der Waals surface area (Å²) in [4.78, 5) is 25.1. The molecule has 26 heavy (non-hydrogen) atoms. The molecule has 2 aromatic rings. The Hall–Kier alpha value is -2.27. The van der Waals surface area contributed by atoms with Crippen LogP contribution in [0.4, 0.5) is 0 Å². The Kier molecular flexibility index (Phi) is 5.99. The van der Waals surface area contributed by atoms with Gasteiger partial charge < -0.3 is 4.90 Å². The SMILES string of the molecule is CCC(=O)N1CCN(Cc2ccc(-c3ncc(C(C)C)cn3)cc2)CC1. The average molecular weight is 352 g/mol. The number of hydrogen-bond donors (Lipinski definition) is 0. The van der Waals surface area contributed by atoms with Crippen molar-refractivity contribution < 1.29 is 4.79 Å². The van der Waals surface area contributed by atoms with Gasteiger partial charge in [0.25, 0.3) is 0 Å². The Bertz CT molecular complexity index is 717. The van der Waals surface area contributed by atoms with Gasteiger partial charge in [0.2, 0.25) is 5.91 Å². The average Bonchev–Trinajstić information content (AvgIpc) is 2.68. The van der Waals surface area contributed by atoms with Crippen LogP contribution in [-0.2, 0) is 11.3 Å². The minimum absolute atomic E-state index is 0.262. The number of aromatic nitrogens is 2. The number of rotatable bonds is 5. The maximum atomic E-state index is 11.8. The molecule has 0 saturated carbocycles. The van der Waals surface area contributed by atoms with Crippen LogP contribution < -0.4 is 0 Å². The van der Waals surface area contributed by atoms with Gasteiger partial charge in [-0.3, -0.25) is 9.69 Å². The first-order chi connectivity index (χ1) is 12.6. The van der Waals surface area contributed by atoms with Crippen molar-refractivity contribution in [3.8, 4) is 11.4 Å². The molecule has 1 aliphatic rings. The smallest absolute Gasteiger partial charge is 0.222 e. The Labute approximate surface area is 156 Å². The second-order valence-corrected chi connectivity index (χ2v) is 7.20. The second kappa shape index (κ2) is 8.41. The largest absolute Gasteiger partial charge is 0.340 e. The van der Waals surface area contributed by atoms with E-state index in [1.165, 1.54) is 5.56 Å². The van der Waals surface area contributed by atoms with Gasteiger partial charge in [-0.2, -0.15) is 0 Å². The summed E-state index contributed by atoms with van der Waals surface area (Å²) < 4.78 is 0. The third-order valence-corrected chi connectivity index (χ3v) is 4.98. The Morgan fingerprint density at radius 2 is 1.65 bits per heavy atom. The van der Waals surface area contributed by atoms with Crippen molar-refractivity contribution in [2.24, 2.45) is 0 Å². The molecule has 0 spiro atoms. The van der Waals surface area contributed by atoms with Gasteiger partial charge in [-0.1, -0.05) is 45.0 Å². The van der Waals surface area contributed by atoms with Crippen LogP contribution >= 0.6 is 0 Å². The minimum atomic E-state index is 0.262. The highest BCUT2D eigenvalue weighted by molar-refractivity contribution is 5.75. The molecule has 1 amide bonds. The summed E-state index contributed by atoms with van der Waals surface area (Å²) in [6.45, 7) is 10.7. The fraction of sp³-hybridized carbons (Fsp3) is 0.476. The monoisotopic (exact) mass is 352 g/mol. The van der Waals surface area contributed by atoms with Crippen LogP contribution in [0.25, 0.3) is 11.4 Å². The lowest BCUT2D eigenvalue weighted by atomic mass is 10.1. The van der Waals surface area contributed by atoms with Crippen molar-refractivity contribution in [3.05, 3.63) is 47.8 Å². The van der Waals surface area contributed by atoms with E-state index >= 15 is 0 Å². The molecule has 2 heterocycles. The van der Waals surface area contributed by atoms with E-state index in [1.54, 1.807) is 0 Å². The third-order valence-electron chi connectivity index (χ3n) is 4.98. The highest BCUT2D eigenvalue weighted by Gasteiger charge is 2.19. The summed E-state index contributed by atoms with van der Waals surface area (Å²) in [6.07, 6.45) is 4.43. The zero-order chi connectivity index (χ0) is 18.5. The molecule has 0 unspecified atom stereocenters. The number of piperazine rings is 1. The Balaban J connectivity index is 1.57. The van der Waals surface area contributed by atoms with E-state index in [-0.39, 0.29) is 5.91 Å². The number of carbonyl (C=O) groups excluding carboxylic acids is 1. The summed E-state index contributed by atoms with van der Waals surface area (Å²) in [5.74, 6) is 1.48. The fourth-order valence-electron chi connectivity index (χ4n) is 3.18. The molecule has 0 aliphatic carbocycles. The van der Waals surface area contributed by atoms with E-state index in [0.29, 0.717) is 12.3 Å². The first kappa shape index (κ1) is 18.5. The highest BCUT2D eigenvalue weighted by atomic mass is 16.2. The van der Waals surface area contributed by atoms with Crippen LogP contribution in [0.3, 0.4) is 0 Å². The molecular formula is C21H28N4O. The van der Waals surface area contributed by atoms with E-state index in [4.69, 9.17) is 0 Å². The summed E-state index contributed by atoms with van der Waals surface area (Å²) in [5.41, 5.74) is 3.48. The summed E-state index contributed by atoms with van der Waals surface area (Å²) in [7, 11) is 0. The number of nitrogens with zero attached hydrogens (tertiary/aromatic N) is 4. The van der Waals surface area contributed by atoms with Gasteiger partial charge in [0, 0.05) is 57.1 Å². The first-order valence-corrected chi connectivity index (χ1v) is 9.48. The van der Waals surface area contributed by atoms with E-state index in [1.807, 2.05) is 24.2 Å². The van der Waals surface area contributed by atoms with Crippen LogP contribution in [-0.4, -0.2) is 51.9 Å². The molecule has 0 radical (unpaired) electrons. The number of hydrogen-bond acceptors (Lipinski definition) is 4. The Morgan fingerprint density at radius 1 is 1.04 bits per heavy atom. The molecule has 138 valence electrons. The fourth-order valence-corrected chi connectivity index (χ4v) is 3.18. The molecule has 1 aromatic carbocycles. The van der Waals surface area contributed by atoms with Gasteiger partial charge in [-0.05, 0) is 17.0 Å². The van der Waals surface area contributed by atoms with Gasteiger partial charge in [0.05, 0.1) is 0 Å². The van der Waals surface area contributed by atoms with Crippen molar-refractivity contribution in [2.45, 2.75) is 39.7 Å². The lowest BCUT2D eigenvalue weighted by Gasteiger charge is -2.34. The number of benzene rings is 1. The van der Waals surface area contributed by atoms with Crippen molar-refractivity contribution >= 4 is 5.91 Å². The van der Waals surface area contributed by atoms with Gasteiger partial charge >= 0.3 is 0 Å². The second-order valence-electron chi connectivity index (χ2n) is 7.20. The van der Waals surface area contributed by atoms with Crippen molar-refractivity contribution in [2.75, 3.05) is 26.2 Å². The minimum Gasteiger partial charge on any atom is -0.340 e. The topological polar surface area (TPSA) is 49.3 Å². The highest BCUT2D eigenvalue weighted by Crippen LogP contribution is 2.19. The third kappa shape index (κ3) is 4.47. The normalized spacial score (nSPS) is 15.5. The lowest BCUT2D eigenvalue weighted by Crippen LogP contribution is -2.48. The van der Waals surface area contributed by atoms with Gasteiger partial charge in [0.15, 0.2) is 5.82 Å². The predicted molar refractivity (Wildman–Crippen MR) is 104 cm³/mol. The molecule has 5 heteroatoms. The lowest BCUT2D eigenvalue weighted by molar-refractivity contribution is -0.132. The van der Waals surface area contributed by atoms with Gasteiger partial charge in [-0.25, -0.2) is 9.97 Å². The molecule has 0 bridgehead atoms. The summed E-state index contributed by atoms with van der Waals surface area (Å²) in [5, 5.41) is 0. The van der Waals surface area contributed by atoms with E-state index in [9.17, 15) is 4.79 Å². The molecule has 0 N–H and O–H groups in total. The molecular weight excluding hydrogens is 324 g/mol. The molecule has 1 aliphatic heterocycles. The molecule has 5 nitrogen and oxygen atoms in total. The number of amides is 1. The van der Waals surface area contributed by atoms with Gasteiger partial charge in [-0.15, -0.1) is 0 Å². The summed E-state index contributed by atoms with van der Waals surface area (Å²) in [6, 6.07) is 8.49. The van der Waals surface area contributed by atoms with Crippen LogP contribution in [0.5, 0.6) is 0 Å². The van der Waals surface area contributed by atoms with Crippen molar-refractivity contribution in [1.29, 1.82) is 0 Å². The molecule has 1 aromatic heterocycles. The van der Waals surface area contributed by atoms with Crippen LogP contribution in [0.1, 0.15) is 44.2 Å².